The molecule has 1 aliphatic rings. The van der Waals surface area contributed by atoms with Crippen LogP contribution in [0.4, 0.5) is 10.3 Å². The number of carbonyl (C=O) groups excluding carboxylic acids is 1. The Morgan fingerprint density at radius 1 is 1.19 bits per heavy atom. The molecule has 0 saturated carbocycles. The van der Waals surface area contributed by atoms with Gasteiger partial charge in [0.15, 0.2) is 5.82 Å². The third-order valence-electron chi connectivity index (χ3n) is 5.83. The Balaban J connectivity index is 1.38. The molecule has 1 N–H and O–H groups in total. The lowest BCUT2D eigenvalue weighted by molar-refractivity contribution is -0.125. The van der Waals surface area contributed by atoms with Gasteiger partial charge in [0.05, 0.1) is 30.3 Å². The number of carbonyl (C=O) groups is 1. The molecule has 4 rings (SSSR count). The van der Waals surface area contributed by atoms with Crippen molar-refractivity contribution in [2.24, 2.45) is 20.0 Å². The van der Waals surface area contributed by atoms with Crippen LogP contribution >= 0.6 is 0 Å². The smallest absolute Gasteiger partial charge is 0.226 e. The van der Waals surface area contributed by atoms with Crippen molar-refractivity contribution in [3.05, 3.63) is 41.2 Å². The van der Waals surface area contributed by atoms with Crippen LogP contribution in [0.2, 0.25) is 0 Å². The number of hydrogen-bond donors (Lipinski definition) is 1. The summed E-state index contributed by atoms with van der Waals surface area (Å²) in [5.74, 6) is -0.0382. The SMILES string of the molecule is Cc1cnn(C)c1-c1nc(N2CCC(C(=O)NCc3cc(C)n(C)n3)CC2)ncc1F. The Labute approximate surface area is 180 Å². The number of nitrogens with one attached hydrogen (secondary N) is 1. The number of nitrogens with zero attached hydrogens (tertiary/aromatic N) is 7. The van der Waals surface area contributed by atoms with Crippen LogP contribution in [-0.4, -0.2) is 48.5 Å². The van der Waals surface area contributed by atoms with Crippen LogP contribution in [-0.2, 0) is 25.4 Å². The fourth-order valence-corrected chi connectivity index (χ4v) is 3.95. The Hall–Kier alpha value is -3.30. The van der Waals surface area contributed by atoms with Crippen LogP contribution in [0.3, 0.4) is 0 Å². The normalized spacial score (nSPS) is 14.8. The molecule has 1 fully saturated rings. The predicted molar refractivity (Wildman–Crippen MR) is 114 cm³/mol. The number of rotatable bonds is 5. The maximum atomic E-state index is 14.4. The maximum absolute atomic E-state index is 14.4. The highest BCUT2D eigenvalue weighted by Gasteiger charge is 2.27. The van der Waals surface area contributed by atoms with E-state index in [1.54, 1.807) is 22.6 Å². The van der Waals surface area contributed by atoms with Crippen molar-refractivity contribution in [1.29, 1.82) is 0 Å². The Morgan fingerprint density at radius 3 is 2.55 bits per heavy atom. The molecule has 0 unspecified atom stereocenters. The monoisotopic (exact) mass is 426 g/mol. The number of piperidine rings is 1. The van der Waals surface area contributed by atoms with Crippen LogP contribution < -0.4 is 10.2 Å². The zero-order chi connectivity index (χ0) is 22.1. The summed E-state index contributed by atoms with van der Waals surface area (Å²) in [6.45, 7) is 5.55. The van der Waals surface area contributed by atoms with Crippen molar-refractivity contribution in [3.8, 4) is 11.4 Å². The van der Waals surface area contributed by atoms with Crippen LogP contribution in [0.25, 0.3) is 11.4 Å². The molecule has 1 saturated heterocycles. The summed E-state index contributed by atoms with van der Waals surface area (Å²) < 4.78 is 17.8. The molecule has 0 atom stereocenters. The molecule has 0 radical (unpaired) electrons. The minimum Gasteiger partial charge on any atom is -0.350 e. The molecule has 3 aromatic rings. The van der Waals surface area contributed by atoms with Gasteiger partial charge in [-0.15, -0.1) is 0 Å². The first-order chi connectivity index (χ1) is 14.8. The first-order valence-corrected chi connectivity index (χ1v) is 10.4. The molecule has 0 aliphatic carbocycles. The van der Waals surface area contributed by atoms with Crippen LogP contribution in [0.1, 0.15) is 29.8 Å². The van der Waals surface area contributed by atoms with E-state index >= 15 is 0 Å². The number of anilines is 1. The van der Waals surface area contributed by atoms with Crippen molar-refractivity contribution in [2.45, 2.75) is 33.2 Å². The highest BCUT2D eigenvalue weighted by Crippen LogP contribution is 2.27. The summed E-state index contributed by atoms with van der Waals surface area (Å²) >= 11 is 0. The van der Waals surface area contributed by atoms with Gasteiger partial charge in [0.1, 0.15) is 5.69 Å². The summed E-state index contributed by atoms with van der Waals surface area (Å²) in [6.07, 6.45) is 4.27. The van der Waals surface area contributed by atoms with Crippen LogP contribution in [0.5, 0.6) is 0 Å². The number of amides is 1. The summed E-state index contributed by atoms with van der Waals surface area (Å²) in [7, 11) is 3.65. The molecular formula is C21H27FN8O. The van der Waals surface area contributed by atoms with Gasteiger partial charge in [-0.25, -0.2) is 14.4 Å². The van der Waals surface area contributed by atoms with Crippen molar-refractivity contribution in [3.63, 3.8) is 0 Å². The average molecular weight is 427 g/mol. The number of hydrogen-bond acceptors (Lipinski definition) is 6. The van der Waals surface area contributed by atoms with Gasteiger partial charge in [-0.1, -0.05) is 0 Å². The number of halogens is 1. The largest absolute Gasteiger partial charge is 0.350 e. The van der Waals surface area contributed by atoms with E-state index in [9.17, 15) is 9.18 Å². The molecule has 0 aromatic carbocycles. The third kappa shape index (κ3) is 4.28. The van der Waals surface area contributed by atoms with E-state index < -0.39 is 5.82 Å². The molecule has 31 heavy (non-hydrogen) atoms. The summed E-state index contributed by atoms with van der Waals surface area (Å²) in [4.78, 5) is 23.3. The summed E-state index contributed by atoms with van der Waals surface area (Å²) in [5.41, 5.74) is 3.64. The lowest BCUT2D eigenvalue weighted by Crippen LogP contribution is -2.41. The zero-order valence-corrected chi connectivity index (χ0v) is 18.3. The molecule has 0 spiro atoms. The second-order valence-corrected chi connectivity index (χ2v) is 8.05. The van der Waals surface area contributed by atoms with E-state index in [4.69, 9.17) is 0 Å². The topological polar surface area (TPSA) is 93.8 Å². The summed E-state index contributed by atoms with van der Waals surface area (Å²) in [5, 5.41) is 11.5. The lowest BCUT2D eigenvalue weighted by atomic mass is 9.96. The molecule has 0 bridgehead atoms. The van der Waals surface area contributed by atoms with Crippen molar-refractivity contribution >= 4 is 11.9 Å². The van der Waals surface area contributed by atoms with Crippen LogP contribution in [0.15, 0.2) is 18.5 Å². The van der Waals surface area contributed by atoms with Gasteiger partial charge in [-0.3, -0.25) is 14.2 Å². The average Bonchev–Trinajstić information content (AvgIpc) is 3.27. The van der Waals surface area contributed by atoms with Crippen molar-refractivity contribution in [1.82, 2.24) is 34.8 Å². The fraction of sp³-hybridized carbons (Fsp3) is 0.476. The first-order valence-electron chi connectivity index (χ1n) is 10.4. The molecule has 9 nitrogen and oxygen atoms in total. The number of aromatic nitrogens is 6. The van der Waals surface area contributed by atoms with Gasteiger partial charge in [0.2, 0.25) is 11.9 Å². The molecule has 1 aliphatic heterocycles. The highest BCUT2D eigenvalue weighted by molar-refractivity contribution is 5.78. The van der Waals surface area contributed by atoms with Crippen molar-refractivity contribution in [2.75, 3.05) is 18.0 Å². The predicted octanol–water partition coefficient (Wildman–Crippen LogP) is 1.90. The lowest BCUT2D eigenvalue weighted by Gasteiger charge is -2.31. The minimum atomic E-state index is -0.477. The summed E-state index contributed by atoms with van der Waals surface area (Å²) in [6, 6.07) is 1.97. The van der Waals surface area contributed by atoms with E-state index in [1.807, 2.05) is 31.9 Å². The van der Waals surface area contributed by atoms with Gasteiger partial charge in [-0.2, -0.15) is 10.2 Å². The van der Waals surface area contributed by atoms with Crippen LogP contribution in [0, 0.1) is 25.6 Å². The van der Waals surface area contributed by atoms with Gasteiger partial charge >= 0.3 is 0 Å². The van der Waals surface area contributed by atoms with Gasteiger partial charge in [0, 0.05) is 38.8 Å². The molecule has 4 heterocycles. The zero-order valence-electron chi connectivity index (χ0n) is 18.3. The van der Waals surface area contributed by atoms with E-state index in [-0.39, 0.29) is 17.5 Å². The van der Waals surface area contributed by atoms with Gasteiger partial charge in [0.25, 0.3) is 0 Å². The second kappa shape index (κ2) is 8.44. The van der Waals surface area contributed by atoms with Crippen molar-refractivity contribution < 1.29 is 9.18 Å². The molecular weight excluding hydrogens is 399 g/mol. The van der Waals surface area contributed by atoms with E-state index in [2.05, 4.69) is 25.5 Å². The standard InChI is InChI=1S/C21H27FN8O/c1-13-10-25-29(4)19(13)18-17(22)12-24-21(26-18)30-7-5-15(6-8-30)20(31)23-11-16-9-14(2)28(3)27-16/h9-10,12,15H,5-8,11H2,1-4H3,(H,23,31). The Bertz CT molecular complexity index is 1060. The highest BCUT2D eigenvalue weighted by atomic mass is 19.1. The van der Waals surface area contributed by atoms with Gasteiger partial charge in [-0.05, 0) is 38.3 Å². The minimum absolute atomic E-state index is 0.0363. The number of aryl methyl sites for hydroxylation is 4. The first kappa shape index (κ1) is 21.0. The molecule has 10 heteroatoms. The van der Waals surface area contributed by atoms with Gasteiger partial charge < -0.3 is 10.2 Å². The van der Waals surface area contributed by atoms with E-state index in [0.29, 0.717) is 44.1 Å². The quantitative estimate of drug-likeness (QED) is 0.670. The Morgan fingerprint density at radius 2 is 1.94 bits per heavy atom. The molecule has 1 amide bonds. The van der Waals surface area contributed by atoms with E-state index in [0.717, 1.165) is 17.0 Å². The Kier molecular flexibility index (Phi) is 5.71. The van der Waals surface area contributed by atoms with E-state index in [1.165, 1.54) is 6.20 Å². The maximum Gasteiger partial charge on any atom is 0.226 e. The molecule has 164 valence electrons. The second-order valence-electron chi connectivity index (χ2n) is 8.05. The molecule has 3 aromatic heterocycles. The third-order valence-corrected chi connectivity index (χ3v) is 5.83. The fourth-order valence-electron chi connectivity index (χ4n) is 3.95.